The molecule has 1 fully saturated rings. The molecular weight excluding hydrogens is 252 g/mol. The molecule has 20 heavy (non-hydrogen) atoms. The topological polar surface area (TPSA) is 55.6 Å². The number of hydrogen-bond donors (Lipinski definition) is 1. The number of aryl methyl sites for hydroxylation is 2. The number of carbonyl (C=O) groups is 1. The lowest BCUT2D eigenvalue weighted by molar-refractivity contribution is 0.0906. The lowest BCUT2D eigenvalue weighted by Gasteiger charge is -2.29. The van der Waals surface area contributed by atoms with Gasteiger partial charge in [-0.05, 0) is 43.9 Å². The summed E-state index contributed by atoms with van der Waals surface area (Å²) in [6.45, 7) is 6.23. The average Bonchev–Trinajstić information content (AvgIpc) is 2.40. The molecule has 4 heteroatoms. The summed E-state index contributed by atoms with van der Waals surface area (Å²) in [7, 11) is 1.62. The van der Waals surface area contributed by atoms with Crippen molar-refractivity contribution in [2.75, 3.05) is 26.7 Å². The molecule has 0 aromatic heterocycles. The van der Waals surface area contributed by atoms with Crippen LogP contribution in [0.5, 0.6) is 5.75 Å². The number of ether oxygens (including phenoxy) is 1. The Balaban J connectivity index is 2.13. The zero-order valence-electron chi connectivity index (χ0n) is 12.6. The van der Waals surface area contributed by atoms with Crippen molar-refractivity contribution >= 4 is 5.78 Å². The van der Waals surface area contributed by atoms with Crippen LogP contribution >= 0.6 is 0 Å². The Labute approximate surface area is 120 Å². The van der Waals surface area contributed by atoms with Gasteiger partial charge in [0.05, 0.1) is 19.2 Å². The first-order valence-electron chi connectivity index (χ1n) is 7.17. The minimum Gasteiger partial charge on any atom is -0.496 e. The fourth-order valence-corrected chi connectivity index (χ4v) is 2.84. The zero-order chi connectivity index (χ0) is 14.7. The van der Waals surface area contributed by atoms with E-state index in [0.717, 1.165) is 37.1 Å². The molecule has 2 N–H and O–H groups in total. The zero-order valence-corrected chi connectivity index (χ0v) is 12.6. The summed E-state index contributed by atoms with van der Waals surface area (Å²) in [6, 6.07) is 4.24. The summed E-state index contributed by atoms with van der Waals surface area (Å²) in [5.74, 6) is 0.816. The molecule has 0 spiro atoms. The predicted octanol–water partition coefficient (Wildman–Crippen LogP) is 1.92. The van der Waals surface area contributed by atoms with Gasteiger partial charge < -0.3 is 10.5 Å². The Morgan fingerprint density at radius 1 is 1.35 bits per heavy atom. The number of methoxy groups -OCH3 is 1. The number of nitrogens with two attached hydrogens (primary N) is 1. The normalized spacial score (nSPS) is 17.2. The van der Waals surface area contributed by atoms with Gasteiger partial charge in [0.15, 0.2) is 5.78 Å². The van der Waals surface area contributed by atoms with Gasteiger partial charge in [-0.3, -0.25) is 9.69 Å². The largest absolute Gasteiger partial charge is 0.496 e. The van der Waals surface area contributed by atoms with Gasteiger partial charge in [0, 0.05) is 19.1 Å². The maximum absolute atomic E-state index is 12.6. The summed E-state index contributed by atoms with van der Waals surface area (Å²) in [4.78, 5) is 14.7. The van der Waals surface area contributed by atoms with Crippen LogP contribution in [0.1, 0.15) is 34.3 Å². The van der Waals surface area contributed by atoms with Crippen LogP contribution in [0.2, 0.25) is 0 Å². The third-order valence-corrected chi connectivity index (χ3v) is 3.94. The first kappa shape index (κ1) is 15.0. The van der Waals surface area contributed by atoms with Gasteiger partial charge in [0.1, 0.15) is 5.75 Å². The van der Waals surface area contributed by atoms with E-state index in [1.807, 2.05) is 26.0 Å². The van der Waals surface area contributed by atoms with Crippen LogP contribution in [-0.4, -0.2) is 43.5 Å². The van der Waals surface area contributed by atoms with Crippen LogP contribution in [-0.2, 0) is 0 Å². The van der Waals surface area contributed by atoms with E-state index in [1.165, 1.54) is 0 Å². The minimum absolute atomic E-state index is 0.134. The van der Waals surface area contributed by atoms with E-state index in [9.17, 15) is 4.79 Å². The van der Waals surface area contributed by atoms with Gasteiger partial charge in [0.2, 0.25) is 0 Å². The molecule has 1 aromatic carbocycles. The molecule has 0 aliphatic carbocycles. The fourth-order valence-electron chi connectivity index (χ4n) is 2.84. The monoisotopic (exact) mass is 276 g/mol. The fraction of sp³-hybridized carbons (Fsp3) is 0.562. The predicted molar refractivity (Wildman–Crippen MR) is 80.4 cm³/mol. The SMILES string of the molecule is COc1cc(C)cc(C)c1C(=O)CN1CCC(N)CC1. The Hall–Kier alpha value is -1.39. The van der Waals surface area contributed by atoms with Crippen molar-refractivity contribution in [1.29, 1.82) is 0 Å². The third-order valence-electron chi connectivity index (χ3n) is 3.94. The number of Topliss-reactive ketones (excluding diaryl/α,β-unsaturated/α-hetero) is 1. The first-order valence-corrected chi connectivity index (χ1v) is 7.17. The highest BCUT2D eigenvalue weighted by molar-refractivity contribution is 6.01. The van der Waals surface area contributed by atoms with Crippen molar-refractivity contribution in [3.8, 4) is 5.75 Å². The molecule has 1 aliphatic heterocycles. The number of ketones is 1. The summed E-state index contributed by atoms with van der Waals surface area (Å²) < 4.78 is 5.38. The van der Waals surface area contributed by atoms with E-state index in [1.54, 1.807) is 7.11 Å². The highest BCUT2D eigenvalue weighted by Gasteiger charge is 2.22. The Kier molecular flexibility index (Phi) is 4.78. The van der Waals surface area contributed by atoms with Crippen LogP contribution in [0, 0.1) is 13.8 Å². The molecule has 0 bridgehead atoms. The molecule has 1 aromatic rings. The number of likely N-dealkylation sites (tertiary alicyclic amines) is 1. The molecule has 1 aliphatic rings. The Bertz CT molecular complexity index is 491. The van der Waals surface area contributed by atoms with Gasteiger partial charge in [-0.1, -0.05) is 6.07 Å². The molecule has 2 rings (SSSR count). The smallest absolute Gasteiger partial charge is 0.180 e. The first-order chi connectivity index (χ1) is 9.51. The maximum atomic E-state index is 12.6. The van der Waals surface area contributed by atoms with E-state index in [4.69, 9.17) is 10.5 Å². The highest BCUT2D eigenvalue weighted by Crippen LogP contribution is 2.25. The Morgan fingerprint density at radius 3 is 2.60 bits per heavy atom. The summed E-state index contributed by atoms with van der Waals surface area (Å²) in [6.07, 6.45) is 1.94. The van der Waals surface area contributed by atoms with Gasteiger partial charge in [-0.15, -0.1) is 0 Å². The molecule has 1 heterocycles. The summed E-state index contributed by atoms with van der Waals surface area (Å²) in [5, 5.41) is 0. The minimum atomic E-state index is 0.134. The van der Waals surface area contributed by atoms with E-state index >= 15 is 0 Å². The number of rotatable bonds is 4. The van der Waals surface area contributed by atoms with Crippen molar-refractivity contribution < 1.29 is 9.53 Å². The number of nitrogens with zero attached hydrogens (tertiary/aromatic N) is 1. The van der Waals surface area contributed by atoms with E-state index < -0.39 is 0 Å². The molecule has 0 atom stereocenters. The summed E-state index contributed by atoms with van der Waals surface area (Å²) >= 11 is 0. The second-order valence-electron chi connectivity index (χ2n) is 5.70. The quantitative estimate of drug-likeness (QED) is 0.854. The lowest BCUT2D eigenvalue weighted by Crippen LogP contribution is -2.42. The van der Waals surface area contributed by atoms with E-state index in [2.05, 4.69) is 4.90 Å². The van der Waals surface area contributed by atoms with Crippen LogP contribution in [0.25, 0.3) is 0 Å². The molecule has 4 nitrogen and oxygen atoms in total. The highest BCUT2D eigenvalue weighted by atomic mass is 16.5. The van der Waals surface area contributed by atoms with Crippen molar-refractivity contribution in [2.45, 2.75) is 32.7 Å². The van der Waals surface area contributed by atoms with Crippen LogP contribution in [0.15, 0.2) is 12.1 Å². The molecule has 0 saturated carbocycles. The van der Waals surface area contributed by atoms with Gasteiger partial charge in [-0.2, -0.15) is 0 Å². The van der Waals surface area contributed by atoms with Gasteiger partial charge in [0.25, 0.3) is 0 Å². The van der Waals surface area contributed by atoms with Crippen molar-refractivity contribution in [2.24, 2.45) is 5.73 Å². The lowest BCUT2D eigenvalue weighted by atomic mass is 9.99. The molecule has 0 unspecified atom stereocenters. The maximum Gasteiger partial charge on any atom is 0.180 e. The number of benzene rings is 1. The van der Waals surface area contributed by atoms with Crippen LogP contribution < -0.4 is 10.5 Å². The third kappa shape index (κ3) is 3.38. The van der Waals surface area contributed by atoms with Gasteiger partial charge in [-0.25, -0.2) is 0 Å². The van der Waals surface area contributed by atoms with Crippen molar-refractivity contribution in [3.63, 3.8) is 0 Å². The number of hydrogen-bond acceptors (Lipinski definition) is 4. The molecular formula is C16H24N2O2. The number of carbonyl (C=O) groups excluding carboxylic acids is 1. The average molecular weight is 276 g/mol. The standard InChI is InChI=1S/C16H24N2O2/c1-11-8-12(2)16(15(9-11)20-3)14(19)10-18-6-4-13(17)5-7-18/h8-9,13H,4-7,10,17H2,1-3H3. The van der Waals surface area contributed by atoms with E-state index in [-0.39, 0.29) is 11.8 Å². The van der Waals surface area contributed by atoms with Crippen molar-refractivity contribution in [1.82, 2.24) is 4.90 Å². The summed E-state index contributed by atoms with van der Waals surface area (Å²) in [5.41, 5.74) is 8.71. The van der Waals surface area contributed by atoms with Crippen molar-refractivity contribution in [3.05, 3.63) is 28.8 Å². The van der Waals surface area contributed by atoms with E-state index in [0.29, 0.717) is 17.9 Å². The second-order valence-corrected chi connectivity index (χ2v) is 5.70. The molecule has 0 amide bonds. The number of piperidine rings is 1. The van der Waals surface area contributed by atoms with Crippen LogP contribution in [0.4, 0.5) is 0 Å². The molecule has 110 valence electrons. The second kappa shape index (κ2) is 6.37. The Morgan fingerprint density at radius 2 is 2.00 bits per heavy atom. The molecule has 1 saturated heterocycles. The van der Waals surface area contributed by atoms with Gasteiger partial charge >= 0.3 is 0 Å². The van der Waals surface area contributed by atoms with Crippen LogP contribution in [0.3, 0.4) is 0 Å². The molecule has 0 radical (unpaired) electrons.